The second kappa shape index (κ2) is 11.2. The summed E-state index contributed by atoms with van der Waals surface area (Å²) in [6.45, 7) is 11.4. The van der Waals surface area contributed by atoms with E-state index in [2.05, 4.69) is 19.9 Å². The van der Waals surface area contributed by atoms with E-state index >= 15 is 0 Å². The number of hydrogen-bond acceptors (Lipinski definition) is 11. The van der Waals surface area contributed by atoms with Crippen molar-refractivity contribution in [3.05, 3.63) is 75.1 Å². The van der Waals surface area contributed by atoms with Crippen LogP contribution in [0.25, 0.3) is 11.9 Å². The van der Waals surface area contributed by atoms with Crippen molar-refractivity contribution in [1.29, 1.82) is 0 Å². The molecule has 0 unspecified atom stereocenters. The molecule has 4 N–H and O–H groups in total. The molecule has 13 heteroatoms. The van der Waals surface area contributed by atoms with Crippen molar-refractivity contribution < 1.29 is 14.2 Å². The van der Waals surface area contributed by atoms with Crippen LogP contribution in [0.3, 0.4) is 0 Å². The van der Waals surface area contributed by atoms with Gasteiger partial charge in [0.25, 0.3) is 11.9 Å². The van der Waals surface area contributed by atoms with Crippen LogP contribution < -0.4 is 25.7 Å². The molecule has 4 heterocycles. The molecule has 5 aromatic rings. The van der Waals surface area contributed by atoms with Gasteiger partial charge in [-0.25, -0.2) is 19.9 Å². The van der Waals surface area contributed by atoms with Crippen molar-refractivity contribution in [2.45, 2.75) is 47.5 Å². The highest BCUT2D eigenvalue weighted by atomic mass is 16.5. The maximum atomic E-state index is 6.91. The van der Waals surface area contributed by atoms with E-state index in [9.17, 15) is 0 Å². The first-order valence-corrected chi connectivity index (χ1v) is 13.6. The van der Waals surface area contributed by atoms with Gasteiger partial charge in [0.15, 0.2) is 11.5 Å². The lowest BCUT2D eigenvalue weighted by atomic mass is 9.84. The van der Waals surface area contributed by atoms with Crippen LogP contribution in [0.15, 0.2) is 24.3 Å². The summed E-state index contributed by atoms with van der Waals surface area (Å²) >= 11 is 0. The molecule has 0 bridgehead atoms. The van der Waals surface area contributed by atoms with Crippen LogP contribution in [0.5, 0.6) is 17.2 Å². The largest absolute Gasteiger partial charge is 0.493 e. The highest BCUT2D eigenvalue weighted by Crippen LogP contribution is 2.47. The third-order valence-corrected chi connectivity index (χ3v) is 7.21. The highest BCUT2D eigenvalue weighted by Gasteiger charge is 2.33. The molecule has 1 aromatic carbocycles. The minimum Gasteiger partial charge on any atom is -0.493 e. The summed E-state index contributed by atoms with van der Waals surface area (Å²) in [6.07, 6.45) is 0. The third-order valence-electron chi connectivity index (χ3n) is 7.21. The van der Waals surface area contributed by atoms with Gasteiger partial charge < -0.3 is 25.7 Å². The van der Waals surface area contributed by atoms with E-state index in [4.69, 9.17) is 35.9 Å². The standard InChI is InChI=1S/C30H36N10O3/c1-14-10-15(2)34-29(33-14)39-27(31)23(18(5)37-39)25(20-12-21(41-7)26(43-9)22(13-20)42-8)24-19(6)38-40(28(24)32)30-35-16(3)11-17(4)36-30/h10-13,25H,31-32H2,1-9H3. The molecule has 224 valence electrons. The molecule has 0 radical (unpaired) electrons. The van der Waals surface area contributed by atoms with Crippen LogP contribution in [0.2, 0.25) is 0 Å². The first-order chi connectivity index (χ1) is 20.5. The number of aryl methyl sites for hydroxylation is 6. The molecule has 0 amide bonds. The minimum absolute atomic E-state index is 0.357. The quantitative estimate of drug-likeness (QED) is 0.272. The Labute approximate surface area is 249 Å². The Balaban J connectivity index is 1.83. The first-order valence-electron chi connectivity index (χ1n) is 13.6. The van der Waals surface area contributed by atoms with Gasteiger partial charge in [0.05, 0.1) is 32.7 Å². The lowest BCUT2D eigenvalue weighted by Crippen LogP contribution is -2.13. The van der Waals surface area contributed by atoms with Gasteiger partial charge in [0.2, 0.25) is 5.75 Å². The van der Waals surface area contributed by atoms with Crippen LogP contribution in [-0.2, 0) is 0 Å². The fourth-order valence-corrected chi connectivity index (χ4v) is 5.48. The molecular formula is C30H36N10O3. The van der Waals surface area contributed by atoms with Crippen LogP contribution in [0.4, 0.5) is 11.6 Å². The van der Waals surface area contributed by atoms with E-state index in [1.165, 1.54) is 0 Å². The molecule has 13 nitrogen and oxygen atoms in total. The van der Waals surface area contributed by atoms with E-state index in [0.717, 1.165) is 28.3 Å². The van der Waals surface area contributed by atoms with E-state index in [-0.39, 0.29) is 0 Å². The number of methoxy groups -OCH3 is 3. The SMILES string of the molecule is COc1cc(C(c2c(C)nn(-c3nc(C)cc(C)n3)c2N)c2c(C)nn(-c3nc(C)cc(C)n3)c2N)cc(OC)c1OC. The van der Waals surface area contributed by atoms with Gasteiger partial charge in [0.1, 0.15) is 11.6 Å². The van der Waals surface area contributed by atoms with Crippen LogP contribution in [-0.4, -0.2) is 60.8 Å². The van der Waals surface area contributed by atoms with Crippen molar-refractivity contribution in [2.75, 3.05) is 32.8 Å². The molecule has 4 aromatic heterocycles. The van der Waals surface area contributed by atoms with Crippen molar-refractivity contribution in [1.82, 2.24) is 39.5 Å². The van der Waals surface area contributed by atoms with Gasteiger partial charge in [-0.15, -0.1) is 0 Å². The molecule has 43 heavy (non-hydrogen) atoms. The molecule has 0 saturated carbocycles. The number of benzene rings is 1. The summed E-state index contributed by atoms with van der Waals surface area (Å²) in [6, 6.07) is 7.53. The number of rotatable bonds is 8. The summed E-state index contributed by atoms with van der Waals surface area (Å²) in [5.41, 5.74) is 20.5. The average molecular weight is 585 g/mol. The number of aromatic nitrogens is 8. The van der Waals surface area contributed by atoms with Gasteiger partial charge in [-0.3, -0.25) is 0 Å². The van der Waals surface area contributed by atoms with E-state index in [0.29, 0.717) is 63.3 Å². The lowest BCUT2D eigenvalue weighted by Gasteiger charge is -2.22. The zero-order valence-electron chi connectivity index (χ0n) is 25.8. The molecule has 0 aliphatic carbocycles. The topological polar surface area (TPSA) is 167 Å². The average Bonchev–Trinajstić information content (AvgIpc) is 3.41. The Bertz CT molecular complexity index is 1680. The third kappa shape index (κ3) is 5.17. The number of nitrogens with zero attached hydrogens (tertiary/aromatic N) is 8. The van der Waals surface area contributed by atoms with E-state index < -0.39 is 5.92 Å². The van der Waals surface area contributed by atoms with Gasteiger partial charge >= 0.3 is 0 Å². The van der Waals surface area contributed by atoms with Crippen molar-refractivity contribution in [3.8, 4) is 29.1 Å². The molecular weight excluding hydrogens is 548 g/mol. The number of nitrogens with two attached hydrogens (primary N) is 2. The van der Waals surface area contributed by atoms with Crippen LogP contribution in [0.1, 0.15) is 56.8 Å². The van der Waals surface area contributed by atoms with Crippen LogP contribution >= 0.6 is 0 Å². The highest BCUT2D eigenvalue weighted by molar-refractivity contribution is 5.65. The molecule has 0 atom stereocenters. The van der Waals surface area contributed by atoms with Gasteiger partial charge in [-0.05, 0) is 71.4 Å². The maximum Gasteiger partial charge on any atom is 0.252 e. The zero-order chi connectivity index (χ0) is 31.2. The number of hydrogen-bond donors (Lipinski definition) is 2. The summed E-state index contributed by atoms with van der Waals surface area (Å²) in [5, 5.41) is 9.58. The fraction of sp³-hybridized carbons (Fsp3) is 0.333. The Morgan fingerprint density at radius 3 is 1.28 bits per heavy atom. The minimum atomic E-state index is -0.562. The number of nitrogen functional groups attached to an aromatic ring is 2. The Morgan fingerprint density at radius 1 is 0.581 bits per heavy atom. The monoisotopic (exact) mass is 584 g/mol. The fourth-order valence-electron chi connectivity index (χ4n) is 5.48. The molecule has 0 aliphatic heterocycles. The summed E-state index contributed by atoms with van der Waals surface area (Å²) < 4.78 is 20.1. The summed E-state index contributed by atoms with van der Waals surface area (Å²) in [7, 11) is 4.70. The Kier molecular flexibility index (Phi) is 7.65. The molecule has 0 spiro atoms. The van der Waals surface area contributed by atoms with E-state index in [1.807, 2.05) is 65.8 Å². The number of anilines is 2. The maximum absolute atomic E-state index is 6.91. The van der Waals surface area contributed by atoms with Gasteiger partial charge in [0, 0.05) is 39.8 Å². The molecule has 5 rings (SSSR count). The second-order valence-corrected chi connectivity index (χ2v) is 10.4. The molecule has 0 saturated heterocycles. The second-order valence-electron chi connectivity index (χ2n) is 10.4. The number of ether oxygens (including phenoxy) is 3. The van der Waals surface area contributed by atoms with Gasteiger partial charge in [-0.2, -0.15) is 19.6 Å². The van der Waals surface area contributed by atoms with Crippen molar-refractivity contribution in [2.24, 2.45) is 0 Å². The Morgan fingerprint density at radius 2 is 0.953 bits per heavy atom. The first kappa shape index (κ1) is 29.3. The predicted octanol–water partition coefficient (Wildman–Crippen LogP) is 3.86. The lowest BCUT2D eigenvalue weighted by molar-refractivity contribution is 0.323. The van der Waals surface area contributed by atoms with E-state index in [1.54, 1.807) is 30.7 Å². The molecule has 0 aliphatic rings. The smallest absolute Gasteiger partial charge is 0.252 e. The normalized spacial score (nSPS) is 11.3. The van der Waals surface area contributed by atoms with Crippen LogP contribution in [0, 0.1) is 41.5 Å². The van der Waals surface area contributed by atoms with Gasteiger partial charge in [-0.1, -0.05) is 0 Å². The zero-order valence-corrected chi connectivity index (χ0v) is 25.8. The molecule has 0 fully saturated rings. The predicted molar refractivity (Wildman–Crippen MR) is 163 cm³/mol. The van der Waals surface area contributed by atoms with Crippen molar-refractivity contribution >= 4 is 11.6 Å². The summed E-state index contributed by atoms with van der Waals surface area (Å²) in [5.74, 6) is 2.31. The van der Waals surface area contributed by atoms with Crippen molar-refractivity contribution in [3.63, 3.8) is 0 Å². The Hall–Kier alpha value is -5.20. The summed E-state index contributed by atoms with van der Waals surface area (Å²) in [4.78, 5) is 18.4.